The number of Topliss-reactive ketones (excluding diaryl/α,β-unsaturated/α-hetero) is 2. The maximum Gasteiger partial charge on any atom is 0.195 e. The molecule has 0 saturated heterocycles. The van der Waals surface area contributed by atoms with E-state index in [1.807, 2.05) is 32.9 Å². The minimum atomic E-state index is -1.54. The molecule has 1 saturated carbocycles. The van der Waals surface area contributed by atoms with Crippen molar-refractivity contribution in [2.75, 3.05) is 0 Å². The van der Waals surface area contributed by atoms with Crippen LogP contribution in [0.1, 0.15) is 73.9 Å². The Balaban J connectivity index is 2.33. The van der Waals surface area contributed by atoms with E-state index in [4.69, 9.17) is 0 Å². The molecule has 1 aromatic carbocycles. The van der Waals surface area contributed by atoms with Crippen molar-refractivity contribution in [3.8, 4) is 0 Å². The van der Waals surface area contributed by atoms with Crippen molar-refractivity contribution in [2.24, 2.45) is 11.8 Å². The first-order valence-electron chi connectivity index (χ1n) is 9.19. The molecule has 0 amide bonds. The predicted molar refractivity (Wildman–Crippen MR) is 96.2 cm³/mol. The molecule has 0 spiro atoms. The van der Waals surface area contributed by atoms with Crippen LogP contribution >= 0.6 is 0 Å². The Bertz CT molecular complexity index is 620. The molecule has 0 heterocycles. The first-order valence-corrected chi connectivity index (χ1v) is 9.19. The smallest absolute Gasteiger partial charge is 0.195 e. The van der Waals surface area contributed by atoms with Gasteiger partial charge in [0.2, 0.25) is 0 Å². The third-order valence-corrected chi connectivity index (χ3v) is 5.59. The lowest BCUT2D eigenvalue weighted by atomic mass is 9.67. The maximum absolute atomic E-state index is 13.1. The Morgan fingerprint density at radius 3 is 2.58 bits per heavy atom. The average molecular weight is 330 g/mol. The molecule has 24 heavy (non-hydrogen) atoms. The van der Waals surface area contributed by atoms with Gasteiger partial charge in [-0.1, -0.05) is 45.2 Å². The summed E-state index contributed by atoms with van der Waals surface area (Å²) in [7, 11) is 0. The summed E-state index contributed by atoms with van der Waals surface area (Å²) < 4.78 is 0. The highest BCUT2D eigenvalue weighted by Gasteiger charge is 2.49. The van der Waals surface area contributed by atoms with Gasteiger partial charge in [-0.2, -0.15) is 0 Å². The second kappa shape index (κ2) is 7.60. The molecule has 3 unspecified atom stereocenters. The van der Waals surface area contributed by atoms with Crippen LogP contribution in [0.25, 0.3) is 0 Å². The van der Waals surface area contributed by atoms with Crippen LogP contribution < -0.4 is 0 Å². The van der Waals surface area contributed by atoms with Crippen LogP contribution in [0, 0.1) is 25.7 Å². The van der Waals surface area contributed by atoms with Gasteiger partial charge in [-0.15, -0.1) is 0 Å². The summed E-state index contributed by atoms with van der Waals surface area (Å²) in [4.78, 5) is 25.9. The quantitative estimate of drug-likeness (QED) is 0.786. The second-order valence-electron chi connectivity index (χ2n) is 7.44. The summed E-state index contributed by atoms with van der Waals surface area (Å²) in [6.45, 7) is 7.93. The van der Waals surface area contributed by atoms with Gasteiger partial charge in [0, 0.05) is 11.5 Å². The van der Waals surface area contributed by atoms with Crippen LogP contribution in [-0.2, 0) is 4.79 Å². The van der Waals surface area contributed by atoms with E-state index in [1.165, 1.54) is 0 Å². The molecule has 1 N–H and O–H groups in total. The van der Waals surface area contributed by atoms with Crippen LogP contribution in [0.15, 0.2) is 18.2 Å². The van der Waals surface area contributed by atoms with Crippen molar-refractivity contribution < 1.29 is 14.7 Å². The van der Waals surface area contributed by atoms with E-state index in [2.05, 4.69) is 6.92 Å². The molecule has 1 aliphatic carbocycles. The molecule has 0 radical (unpaired) electrons. The zero-order valence-corrected chi connectivity index (χ0v) is 15.4. The highest BCUT2D eigenvalue weighted by atomic mass is 16.3. The topological polar surface area (TPSA) is 54.4 Å². The minimum absolute atomic E-state index is 0.0521. The lowest BCUT2D eigenvalue weighted by Crippen LogP contribution is -2.52. The third kappa shape index (κ3) is 3.61. The van der Waals surface area contributed by atoms with E-state index in [0.29, 0.717) is 18.4 Å². The van der Waals surface area contributed by atoms with Crippen molar-refractivity contribution in [1.29, 1.82) is 0 Å². The standard InChI is InChI=1S/C21H30O3/c1-5-8-15(3)19(22)18-9-6-7-12-21(18,24)20(23)17-11-10-14(2)16(4)13-17/h10-11,13,15,18,24H,5-9,12H2,1-4H3. The van der Waals surface area contributed by atoms with Gasteiger partial charge in [-0.3, -0.25) is 9.59 Å². The molecular formula is C21H30O3. The number of carbonyl (C=O) groups excluding carboxylic acids is 2. The SMILES string of the molecule is CCCC(C)C(=O)C1CCCCC1(O)C(=O)c1ccc(C)c(C)c1. The molecular weight excluding hydrogens is 300 g/mol. The van der Waals surface area contributed by atoms with Crippen molar-refractivity contribution >= 4 is 11.6 Å². The molecule has 3 heteroatoms. The Morgan fingerprint density at radius 1 is 1.25 bits per heavy atom. The number of hydrogen-bond donors (Lipinski definition) is 1. The first kappa shape index (κ1) is 18.9. The summed E-state index contributed by atoms with van der Waals surface area (Å²) >= 11 is 0. The summed E-state index contributed by atoms with van der Waals surface area (Å²) in [6.07, 6.45) is 4.43. The molecule has 1 aromatic rings. The normalized spacial score (nSPS) is 25.3. The average Bonchev–Trinajstić information content (AvgIpc) is 2.56. The second-order valence-corrected chi connectivity index (χ2v) is 7.44. The molecule has 1 fully saturated rings. The van der Waals surface area contributed by atoms with Gasteiger partial charge in [-0.05, 0) is 50.3 Å². The van der Waals surface area contributed by atoms with Gasteiger partial charge in [0.1, 0.15) is 11.4 Å². The molecule has 0 aliphatic heterocycles. The summed E-state index contributed by atoms with van der Waals surface area (Å²) in [5.41, 5.74) is 1.12. The van der Waals surface area contributed by atoms with Crippen molar-refractivity contribution in [3.63, 3.8) is 0 Å². The number of ketones is 2. The number of hydrogen-bond acceptors (Lipinski definition) is 3. The largest absolute Gasteiger partial charge is 0.381 e. The third-order valence-electron chi connectivity index (χ3n) is 5.59. The van der Waals surface area contributed by atoms with Crippen LogP contribution in [0.3, 0.4) is 0 Å². The molecule has 0 bridgehead atoms. The van der Waals surface area contributed by atoms with E-state index < -0.39 is 11.5 Å². The van der Waals surface area contributed by atoms with E-state index in [-0.39, 0.29) is 17.5 Å². The van der Waals surface area contributed by atoms with Crippen LogP contribution in [0.2, 0.25) is 0 Å². The maximum atomic E-state index is 13.1. The van der Waals surface area contributed by atoms with Crippen molar-refractivity contribution in [1.82, 2.24) is 0 Å². The molecule has 132 valence electrons. The molecule has 3 atom stereocenters. The Labute approximate surface area is 145 Å². The van der Waals surface area contributed by atoms with E-state index in [0.717, 1.165) is 36.8 Å². The van der Waals surface area contributed by atoms with Crippen molar-refractivity contribution in [2.45, 2.75) is 71.8 Å². The fraction of sp³-hybridized carbons (Fsp3) is 0.619. The lowest BCUT2D eigenvalue weighted by Gasteiger charge is -2.39. The molecule has 2 rings (SSSR count). The number of benzene rings is 1. The van der Waals surface area contributed by atoms with Gasteiger partial charge in [0.15, 0.2) is 5.78 Å². The number of carbonyl (C=O) groups is 2. The Morgan fingerprint density at radius 2 is 1.96 bits per heavy atom. The van der Waals surface area contributed by atoms with Crippen LogP contribution in [0.4, 0.5) is 0 Å². The van der Waals surface area contributed by atoms with Gasteiger partial charge < -0.3 is 5.11 Å². The fourth-order valence-corrected chi connectivity index (χ4v) is 3.86. The summed E-state index contributed by atoms with van der Waals surface area (Å²) in [5.74, 6) is -0.900. The van der Waals surface area contributed by atoms with Crippen LogP contribution in [-0.4, -0.2) is 22.3 Å². The highest BCUT2D eigenvalue weighted by molar-refractivity contribution is 6.06. The number of aryl methyl sites for hydroxylation is 2. The Kier molecular flexibility index (Phi) is 5.97. The van der Waals surface area contributed by atoms with Gasteiger partial charge >= 0.3 is 0 Å². The molecule has 0 aromatic heterocycles. The first-order chi connectivity index (χ1) is 11.3. The minimum Gasteiger partial charge on any atom is -0.381 e. The van der Waals surface area contributed by atoms with Gasteiger partial charge in [0.25, 0.3) is 0 Å². The monoisotopic (exact) mass is 330 g/mol. The van der Waals surface area contributed by atoms with Gasteiger partial charge in [0.05, 0.1) is 5.92 Å². The zero-order chi connectivity index (χ0) is 17.9. The summed E-state index contributed by atoms with van der Waals surface area (Å²) in [5, 5.41) is 11.2. The summed E-state index contributed by atoms with van der Waals surface area (Å²) in [6, 6.07) is 5.51. The van der Waals surface area contributed by atoms with E-state index in [9.17, 15) is 14.7 Å². The van der Waals surface area contributed by atoms with Crippen molar-refractivity contribution in [3.05, 3.63) is 34.9 Å². The molecule has 1 aliphatic rings. The predicted octanol–water partition coefficient (Wildman–Crippen LogP) is 4.41. The van der Waals surface area contributed by atoms with Crippen LogP contribution in [0.5, 0.6) is 0 Å². The fourth-order valence-electron chi connectivity index (χ4n) is 3.86. The Hall–Kier alpha value is -1.48. The van der Waals surface area contributed by atoms with E-state index >= 15 is 0 Å². The van der Waals surface area contributed by atoms with E-state index in [1.54, 1.807) is 6.07 Å². The zero-order valence-electron chi connectivity index (χ0n) is 15.4. The number of rotatable bonds is 6. The lowest BCUT2D eigenvalue weighted by molar-refractivity contribution is -0.136. The highest BCUT2D eigenvalue weighted by Crippen LogP contribution is 2.39. The number of aliphatic hydroxyl groups is 1. The van der Waals surface area contributed by atoms with Gasteiger partial charge in [-0.25, -0.2) is 0 Å². The molecule has 3 nitrogen and oxygen atoms in total.